The molecule has 1 aromatic rings. The van der Waals surface area contributed by atoms with Crippen molar-refractivity contribution < 1.29 is 24.2 Å². The lowest BCUT2D eigenvalue weighted by Gasteiger charge is -1.92. The molecule has 0 atom stereocenters. The molecule has 0 unspecified atom stereocenters. The van der Waals surface area contributed by atoms with E-state index in [2.05, 4.69) is 0 Å². The van der Waals surface area contributed by atoms with Crippen LogP contribution < -0.4 is 0 Å². The van der Waals surface area contributed by atoms with Gasteiger partial charge < -0.3 is 10.2 Å². The standard InChI is InChI=1S/C7H5FO2.C4H8O2/c8-6-4-2-1-3-5(6)7(9)10;1-2-3-4(5)6/h1-4H,(H,9,10);2-3H2,1H3,(H,5,6). The zero-order valence-electron chi connectivity index (χ0n) is 8.81. The lowest BCUT2D eigenvalue weighted by molar-refractivity contribution is -0.137. The number of aromatic carboxylic acids is 1. The quantitative estimate of drug-likeness (QED) is 0.832. The Balaban J connectivity index is 0.000000325. The van der Waals surface area contributed by atoms with Gasteiger partial charge in [0.05, 0.1) is 5.56 Å². The maximum absolute atomic E-state index is 12.5. The minimum Gasteiger partial charge on any atom is -0.481 e. The summed E-state index contributed by atoms with van der Waals surface area (Å²) in [6.07, 6.45) is 1.02. The summed E-state index contributed by atoms with van der Waals surface area (Å²) in [7, 11) is 0. The maximum atomic E-state index is 12.5. The predicted molar refractivity (Wildman–Crippen MR) is 55.9 cm³/mol. The molecule has 5 heteroatoms. The van der Waals surface area contributed by atoms with Crippen LogP contribution in [0.5, 0.6) is 0 Å². The van der Waals surface area contributed by atoms with Crippen molar-refractivity contribution in [1.82, 2.24) is 0 Å². The summed E-state index contributed by atoms with van der Waals surface area (Å²) in [6, 6.07) is 5.26. The van der Waals surface area contributed by atoms with Gasteiger partial charge in [0.25, 0.3) is 0 Å². The first-order valence-corrected chi connectivity index (χ1v) is 4.68. The van der Waals surface area contributed by atoms with Gasteiger partial charge in [-0.1, -0.05) is 19.1 Å². The minimum atomic E-state index is -1.24. The molecule has 2 N–H and O–H groups in total. The monoisotopic (exact) mass is 228 g/mol. The molecule has 0 heterocycles. The second-order valence-corrected chi connectivity index (χ2v) is 2.93. The van der Waals surface area contributed by atoms with Crippen LogP contribution in [0.4, 0.5) is 4.39 Å². The average Bonchev–Trinajstić information content (AvgIpc) is 2.18. The van der Waals surface area contributed by atoms with Crippen molar-refractivity contribution in [3.8, 4) is 0 Å². The second kappa shape index (κ2) is 7.39. The summed E-state index contributed by atoms with van der Waals surface area (Å²) in [4.78, 5) is 19.8. The van der Waals surface area contributed by atoms with Crippen LogP contribution in [0.15, 0.2) is 24.3 Å². The van der Waals surface area contributed by atoms with Gasteiger partial charge in [-0.2, -0.15) is 0 Å². The fourth-order valence-corrected chi connectivity index (χ4v) is 0.849. The van der Waals surface area contributed by atoms with Gasteiger partial charge in [-0.15, -0.1) is 0 Å². The molecule has 0 aliphatic rings. The van der Waals surface area contributed by atoms with Crippen molar-refractivity contribution in [2.24, 2.45) is 0 Å². The highest BCUT2D eigenvalue weighted by molar-refractivity contribution is 5.87. The summed E-state index contributed by atoms with van der Waals surface area (Å²) in [6.45, 7) is 1.84. The van der Waals surface area contributed by atoms with Crippen LogP contribution in [0.25, 0.3) is 0 Å². The van der Waals surface area contributed by atoms with E-state index in [1.807, 2.05) is 6.92 Å². The van der Waals surface area contributed by atoms with E-state index in [0.29, 0.717) is 6.42 Å². The Morgan fingerprint density at radius 2 is 1.81 bits per heavy atom. The number of halogens is 1. The van der Waals surface area contributed by atoms with Crippen molar-refractivity contribution in [2.45, 2.75) is 19.8 Å². The molecule has 1 aromatic carbocycles. The molecule has 0 aliphatic heterocycles. The summed E-state index contributed by atoms with van der Waals surface area (Å²) >= 11 is 0. The second-order valence-electron chi connectivity index (χ2n) is 2.93. The van der Waals surface area contributed by atoms with Gasteiger partial charge in [-0.25, -0.2) is 9.18 Å². The van der Waals surface area contributed by atoms with Crippen LogP contribution in [0.2, 0.25) is 0 Å². The van der Waals surface area contributed by atoms with Gasteiger partial charge >= 0.3 is 11.9 Å². The molecule has 4 nitrogen and oxygen atoms in total. The molecule has 0 aromatic heterocycles. The van der Waals surface area contributed by atoms with E-state index in [4.69, 9.17) is 10.2 Å². The summed E-state index contributed by atoms with van der Waals surface area (Å²) in [5.74, 6) is -2.65. The number of hydrogen-bond donors (Lipinski definition) is 2. The smallest absolute Gasteiger partial charge is 0.338 e. The van der Waals surface area contributed by atoms with E-state index < -0.39 is 17.8 Å². The fourth-order valence-electron chi connectivity index (χ4n) is 0.849. The molecule has 0 saturated heterocycles. The van der Waals surface area contributed by atoms with E-state index in [9.17, 15) is 14.0 Å². The van der Waals surface area contributed by atoms with Gasteiger partial charge in [0, 0.05) is 6.42 Å². The molecule has 0 fully saturated rings. The van der Waals surface area contributed by atoms with Gasteiger partial charge in [0.2, 0.25) is 0 Å². The lowest BCUT2D eigenvalue weighted by atomic mass is 10.2. The lowest BCUT2D eigenvalue weighted by Crippen LogP contribution is -1.98. The van der Waals surface area contributed by atoms with E-state index in [1.54, 1.807) is 0 Å². The molecule has 0 amide bonds. The van der Waals surface area contributed by atoms with Gasteiger partial charge in [-0.3, -0.25) is 4.79 Å². The minimum absolute atomic E-state index is 0.289. The Morgan fingerprint density at radius 1 is 1.25 bits per heavy atom. The molecular formula is C11H13FO4. The van der Waals surface area contributed by atoms with Crippen molar-refractivity contribution in [3.05, 3.63) is 35.6 Å². The number of benzene rings is 1. The number of rotatable bonds is 3. The number of carboxylic acid groups (broad SMARTS) is 2. The largest absolute Gasteiger partial charge is 0.481 e. The fraction of sp³-hybridized carbons (Fsp3) is 0.273. The number of carbonyl (C=O) groups is 2. The number of carboxylic acids is 2. The molecule has 0 radical (unpaired) electrons. The van der Waals surface area contributed by atoms with E-state index in [1.165, 1.54) is 18.2 Å². The van der Waals surface area contributed by atoms with Gasteiger partial charge in [0.15, 0.2) is 0 Å². The normalized spacial score (nSPS) is 8.88. The highest BCUT2D eigenvalue weighted by Gasteiger charge is 2.06. The van der Waals surface area contributed by atoms with Crippen molar-refractivity contribution >= 4 is 11.9 Å². The molecule has 1 rings (SSSR count). The highest BCUT2D eigenvalue weighted by atomic mass is 19.1. The summed E-state index contributed by atoms with van der Waals surface area (Å²) in [5.41, 5.74) is -0.289. The maximum Gasteiger partial charge on any atom is 0.338 e. The first-order chi connectivity index (χ1) is 7.49. The summed E-state index contributed by atoms with van der Waals surface area (Å²) < 4.78 is 12.5. The van der Waals surface area contributed by atoms with Crippen molar-refractivity contribution in [3.63, 3.8) is 0 Å². The average molecular weight is 228 g/mol. The van der Waals surface area contributed by atoms with Crippen LogP contribution in [-0.4, -0.2) is 22.2 Å². The summed E-state index contributed by atoms with van der Waals surface area (Å²) in [5, 5.41) is 16.2. The van der Waals surface area contributed by atoms with E-state index in [-0.39, 0.29) is 5.56 Å². The van der Waals surface area contributed by atoms with Crippen LogP contribution >= 0.6 is 0 Å². The van der Waals surface area contributed by atoms with Crippen molar-refractivity contribution in [2.75, 3.05) is 0 Å². The Kier molecular flexibility index (Phi) is 6.51. The Bertz CT molecular complexity index is 363. The first kappa shape index (κ1) is 14.1. The van der Waals surface area contributed by atoms with Gasteiger partial charge in [-0.05, 0) is 18.6 Å². The zero-order valence-corrected chi connectivity index (χ0v) is 8.81. The molecular weight excluding hydrogens is 215 g/mol. The highest BCUT2D eigenvalue weighted by Crippen LogP contribution is 2.04. The van der Waals surface area contributed by atoms with E-state index >= 15 is 0 Å². The third-order valence-electron chi connectivity index (χ3n) is 1.57. The molecule has 0 bridgehead atoms. The Morgan fingerprint density at radius 3 is 2.06 bits per heavy atom. The Hall–Kier alpha value is -1.91. The molecule has 88 valence electrons. The third-order valence-corrected chi connectivity index (χ3v) is 1.57. The number of aliphatic carboxylic acids is 1. The first-order valence-electron chi connectivity index (χ1n) is 4.68. The van der Waals surface area contributed by atoms with Crippen LogP contribution in [0, 0.1) is 5.82 Å². The SMILES string of the molecule is CCCC(=O)O.O=C(O)c1ccccc1F. The van der Waals surface area contributed by atoms with Crippen LogP contribution in [-0.2, 0) is 4.79 Å². The predicted octanol–water partition coefficient (Wildman–Crippen LogP) is 2.40. The molecule has 16 heavy (non-hydrogen) atoms. The van der Waals surface area contributed by atoms with E-state index in [0.717, 1.165) is 12.5 Å². The Labute approximate surface area is 92.3 Å². The van der Waals surface area contributed by atoms with Crippen LogP contribution in [0.3, 0.4) is 0 Å². The molecule has 0 spiro atoms. The number of hydrogen-bond acceptors (Lipinski definition) is 2. The third kappa shape index (κ3) is 5.74. The van der Waals surface area contributed by atoms with Crippen LogP contribution in [0.1, 0.15) is 30.1 Å². The zero-order chi connectivity index (χ0) is 12.6. The molecule has 0 aliphatic carbocycles. The molecule has 0 saturated carbocycles. The van der Waals surface area contributed by atoms with Crippen molar-refractivity contribution in [1.29, 1.82) is 0 Å². The topological polar surface area (TPSA) is 74.6 Å². The van der Waals surface area contributed by atoms with Gasteiger partial charge in [0.1, 0.15) is 5.82 Å².